The summed E-state index contributed by atoms with van der Waals surface area (Å²) in [6.45, 7) is 1.70. The van der Waals surface area contributed by atoms with Crippen molar-refractivity contribution >= 4 is 15.9 Å². The van der Waals surface area contributed by atoms with Gasteiger partial charge in [-0.3, -0.25) is 10.4 Å². The summed E-state index contributed by atoms with van der Waals surface area (Å²) in [6.07, 6.45) is 3.01. The standard InChI is InChI=1S/C10H16N4O2S/c1-8(6-10(11)12)14(2)17(15,16)9-4-3-5-13-7-9/h3-5,7-8H,6H2,1-2H3,(H3,11,12). The van der Waals surface area contributed by atoms with Crippen LogP contribution in [0.4, 0.5) is 0 Å². The quantitative estimate of drug-likeness (QED) is 0.589. The normalized spacial score (nSPS) is 13.6. The van der Waals surface area contributed by atoms with Gasteiger partial charge in [0, 0.05) is 31.9 Å². The molecule has 0 amide bonds. The van der Waals surface area contributed by atoms with Gasteiger partial charge in [0.2, 0.25) is 10.0 Å². The molecule has 6 nitrogen and oxygen atoms in total. The van der Waals surface area contributed by atoms with Crippen molar-refractivity contribution < 1.29 is 8.42 Å². The highest BCUT2D eigenvalue weighted by Crippen LogP contribution is 2.16. The second-order valence-electron chi connectivity index (χ2n) is 3.79. The van der Waals surface area contributed by atoms with E-state index in [1.165, 1.54) is 29.8 Å². The van der Waals surface area contributed by atoms with Crippen molar-refractivity contribution in [3.63, 3.8) is 0 Å². The summed E-state index contributed by atoms with van der Waals surface area (Å²) in [7, 11) is -2.10. The maximum absolute atomic E-state index is 12.1. The van der Waals surface area contributed by atoms with E-state index in [-0.39, 0.29) is 23.2 Å². The lowest BCUT2D eigenvalue weighted by atomic mass is 10.2. The van der Waals surface area contributed by atoms with E-state index < -0.39 is 10.0 Å². The molecular weight excluding hydrogens is 240 g/mol. The molecule has 0 aliphatic heterocycles. The van der Waals surface area contributed by atoms with Gasteiger partial charge in [0.15, 0.2) is 0 Å². The highest BCUT2D eigenvalue weighted by atomic mass is 32.2. The third-order valence-corrected chi connectivity index (χ3v) is 4.40. The molecule has 0 saturated carbocycles. The van der Waals surface area contributed by atoms with Gasteiger partial charge in [-0.05, 0) is 19.1 Å². The zero-order valence-electron chi connectivity index (χ0n) is 9.79. The Morgan fingerprint density at radius 1 is 1.65 bits per heavy atom. The second kappa shape index (κ2) is 5.24. The van der Waals surface area contributed by atoms with Gasteiger partial charge in [0.05, 0.1) is 5.84 Å². The van der Waals surface area contributed by atoms with Gasteiger partial charge in [0.1, 0.15) is 4.90 Å². The Balaban J connectivity index is 2.95. The number of amidine groups is 1. The van der Waals surface area contributed by atoms with Gasteiger partial charge in [-0.1, -0.05) is 0 Å². The van der Waals surface area contributed by atoms with Crippen molar-refractivity contribution in [3.8, 4) is 0 Å². The molecule has 1 aromatic heterocycles. The summed E-state index contributed by atoms with van der Waals surface area (Å²) in [5.74, 6) is -0.0364. The number of nitrogens with one attached hydrogen (secondary N) is 1. The molecule has 7 heteroatoms. The van der Waals surface area contributed by atoms with Crippen molar-refractivity contribution in [1.82, 2.24) is 9.29 Å². The Morgan fingerprint density at radius 3 is 2.76 bits per heavy atom. The molecule has 0 aliphatic rings. The zero-order valence-corrected chi connectivity index (χ0v) is 10.6. The van der Waals surface area contributed by atoms with Crippen molar-refractivity contribution in [2.75, 3.05) is 7.05 Å². The molecular formula is C10H16N4O2S. The van der Waals surface area contributed by atoms with Crippen molar-refractivity contribution in [3.05, 3.63) is 24.5 Å². The van der Waals surface area contributed by atoms with Gasteiger partial charge >= 0.3 is 0 Å². The van der Waals surface area contributed by atoms with Crippen LogP contribution >= 0.6 is 0 Å². The number of sulfonamides is 1. The largest absolute Gasteiger partial charge is 0.388 e. The summed E-state index contributed by atoms with van der Waals surface area (Å²) in [5.41, 5.74) is 5.26. The van der Waals surface area contributed by atoms with E-state index in [4.69, 9.17) is 11.1 Å². The summed E-state index contributed by atoms with van der Waals surface area (Å²) < 4.78 is 25.5. The molecule has 94 valence electrons. The lowest BCUT2D eigenvalue weighted by Gasteiger charge is -2.23. The maximum atomic E-state index is 12.1. The lowest BCUT2D eigenvalue weighted by molar-refractivity contribution is 0.395. The molecule has 3 N–H and O–H groups in total. The fraction of sp³-hybridized carbons (Fsp3) is 0.400. The third-order valence-electron chi connectivity index (χ3n) is 2.45. The fourth-order valence-electron chi connectivity index (χ4n) is 1.35. The van der Waals surface area contributed by atoms with E-state index in [9.17, 15) is 8.42 Å². The van der Waals surface area contributed by atoms with Crippen LogP contribution in [0.3, 0.4) is 0 Å². The molecule has 0 aliphatic carbocycles. The van der Waals surface area contributed by atoms with Crippen LogP contribution in [0.15, 0.2) is 29.4 Å². The van der Waals surface area contributed by atoms with Crippen molar-refractivity contribution in [1.29, 1.82) is 5.41 Å². The maximum Gasteiger partial charge on any atom is 0.244 e. The van der Waals surface area contributed by atoms with Crippen molar-refractivity contribution in [2.45, 2.75) is 24.3 Å². The van der Waals surface area contributed by atoms with Crippen LogP contribution in [-0.2, 0) is 10.0 Å². The Labute approximate surface area is 101 Å². The predicted molar refractivity (Wildman–Crippen MR) is 65.2 cm³/mol. The Hall–Kier alpha value is -1.47. The van der Waals surface area contributed by atoms with E-state index in [1.807, 2.05) is 0 Å². The molecule has 0 saturated heterocycles. The van der Waals surface area contributed by atoms with E-state index in [1.54, 1.807) is 13.0 Å². The highest BCUT2D eigenvalue weighted by Gasteiger charge is 2.25. The molecule has 0 aromatic carbocycles. The molecule has 1 heterocycles. The molecule has 0 fully saturated rings. The Morgan fingerprint density at radius 2 is 2.29 bits per heavy atom. The van der Waals surface area contributed by atoms with Crippen LogP contribution in [0.1, 0.15) is 13.3 Å². The van der Waals surface area contributed by atoms with Gasteiger partial charge in [-0.15, -0.1) is 0 Å². The number of hydrogen-bond acceptors (Lipinski definition) is 4. The Bertz CT molecular complexity index is 486. The third kappa shape index (κ3) is 3.24. The minimum atomic E-state index is -3.57. The molecule has 17 heavy (non-hydrogen) atoms. The summed E-state index contributed by atoms with van der Waals surface area (Å²) in [6, 6.07) is 2.69. The fourth-order valence-corrected chi connectivity index (χ4v) is 2.68. The molecule has 0 bridgehead atoms. The molecule has 1 aromatic rings. The van der Waals surface area contributed by atoms with Gasteiger partial charge in [0.25, 0.3) is 0 Å². The Kier molecular flexibility index (Phi) is 4.19. The summed E-state index contributed by atoms with van der Waals surface area (Å²) >= 11 is 0. The van der Waals surface area contributed by atoms with Crippen LogP contribution in [0.2, 0.25) is 0 Å². The van der Waals surface area contributed by atoms with Crippen LogP contribution < -0.4 is 5.73 Å². The first kappa shape index (κ1) is 13.6. The van der Waals surface area contributed by atoms with Crippen LogP contribution in [-0.4, -0.2) is 36.6 Å². The lowest BCUT2D eigenvalue weighted by Crippen LogP contribution is -2.37. The van der Waals surface area contributed by atoms with Crippen LogP contribution in [0.5, 0.6) is 0 Å². The SMILES string of the molecule is CC(CC(=N)N)N(C)S(=O)(=O)c1cccnc1. The second-order valence-corrected chi connectivity index (χ2v) is 5.79. The first-order valence-electron chi connectivity index (χ1n) is 5.06. The predicted octanol–water partition coefficient (Wildman–Crippen LogP) is 0.417. The molecule has 1 atom stereocenters. The van der Waals surface area contributed by atoms with E-state index in [0.29, 0.717) is 0 Å². The smallest absolute Gasteiger partial charge is 0.244 e. The average Bonchev–Trinajstić information content (AvgIpc) is 2.28. The molecule has 0 radical (unpaired) electrons. The minimum absolute atomic E-state index is 0.0364. The minimum Gasteiger partial charge on any atom is -0.388 e. The number of pyridine rings is 1. The van der Waals surface area contributed by atoms with Gasteiger partial charge in [-0.2, -0.15) is 4.31 Å². The van der Waals surface area contributed by atoms with E-state index >= 15 is 0 Å². The highest BCUT2D eigenvalue weighted by molar-refractivity contribution is 7.89. The monoisotopic (exact) mass is 256 g/mol. The first-order valence-corrected chi connectivity index (χ1v) is 6.50. The number of rotatable bonds is 5. The molecule has 1 rings (SSSR count). The number of nitrogens with zero attached hydrogens (tertiary/aromatic N) is 2. The first-order chi connectivity index (χ1) is 7.85. The topological polar surface area (TPSA) is 100 Å². The average molecular weight is 256 g/mol. The van der Waals surface area contributed by atoms with Gasteiger partial charge in [-0.25, -0.2) is 8.42 Å². The summed E-state index contributed by atoms with van der Waals surface area (Å²) in [5, 5.41) is 7.17. The van der Waals surface area contributed by atoms with E-state index in [0.717, 1.165) is 0 Å². The van der Waals surface area contributed by atoms with Gasteiger partial charge < -0.3 is 5.73 Å². The van der Waals surface area contributed by atoms with Crippen molar-refractivity contribution in [2.24, 2.45) is 5.73 Å². The number of aromatic nitrogens is 1. The van der Waals surface area contributed by atoms with Crippen LogP contribution in [0, 0.1) is 5.41 Å². The number of nitrogens with two attached hydrogens (primary N) is 1. The number of hydrogen-bond donors (Lipinski definition) is 2. The molecule has 1 unspecified atom stereocenters. The van der Waals surface area contributed by atoms with E-state index in [2.05, 4.69) is 4.98 Å². The molecule has 0 spiro atoms. The van der Waals surface area contributed by atoms with Crippen LogP contribution in [0.25, 0.3) is 0 Å². The summed E-state index contributed by atoms with van der Waals surface area (Å²) in [4.78, 5) is 3.92. The zero-order chi connectivity index (χ0) is 13.1.